The summed E-state index contributed by atoms with van der Waals surface area (Å²) < 4.78 is 1.86. The fourth-order valence-corrected chi connectivity index (χ4v) is 1.58. The third-order valence-electron chi connectivity index (χ3n) is 2.55. The van der Waals surface area contributed by atoms with Gasteiger partial charge in [0.05, 0.1) is 6.04 Å². The van der Waals surface area contributed by atoms with E-state index in [0.717, 1.165) is 12.8 Å². The molecule has 1 atom stereocenters. The normalized spacial score (nSPS) is 12.6. The quantitative estimate of drug-likeness (QED) is 0.824. The monoisotopic (exact) mass is 217 g/mol. The molecule has 0 aliphatic carbocycles. The molecule has 0 bridgehead atoms. The second kappa shape index (κ2) is 4.85. The highest BCUT2D eigenvalue weighted by atomic mass is 15.2. The summed E-state index contributed by atoms with van der Waals surface area (Å²) in [6, 6.07) is 3.67. The summed E-state index contributed by atoms with van der Waals surface area (Å²) in [6.45, 7) is 0. The van der Waals surface area contributed by atoms with Gasteiger partial charge in [-0.25, -0.2) is 9.97 Å². The van der Waals surface area contributed by atoms with Crippen LogP contribution in [0, 0.1) is 0 Å². The van der Waals surface area contributed by atoms with Crippen LogP contribution in [0.1, 0.15) is 24.0 Å². The van der Waals surface area contributed by atoms with Crippen LogP contribution in [0.15, 0.2) is 30.7 Å². The number of rotatable bonds is 4. The van der Waals surface area contributed by atoms with Gasteiger partial charge in [0.15, 0.2) is 0 Å². The molecule has 0 saturated heterocycles. The van der Waals surface area contributed by atoms with E-state index in [-0.39, 0.29) is 6.04 Å². The van der Waals surface area contributed by atoms with Gasteiger partial charge in [0.25, 0.3) is 0 Å². The number of aryl methyl sites for hydroxylation is 2. The molecule has 1 unspecified atom stereocenters. The highest BCUT2D eigenvalue weighted by Crippen LogP contribution is 2.11. The summed E-state index contributed by atoms with van der Waals surface area (Å²) in [7, 11) is 1.93. The van der Waals surface area contributed by atoms with E-state index in [9.17, 15) is 0 Å². The van der Waals surface area contributed by atoms with Crippen LogP contribution in [-0.4, -0.2) is 19.7 Å². The molecule has 2 aromatic rings. The van der Waals surface area contributed by atoms with E-state index in [1.807, 2.05) is 17.8 Å². The zero-order chi connectivity index (χ0) is 11.4. The van der Waals surface area contributed by atoms with E-state index in [1.165, 1.54) is 5.69 Å². The molecule has 2 heterocycles. The van der Waals surface area contributed by atoms with Gasteiger partial charge in [-0.05, 0) is 25.0 Å². The summed E-state index contributed by atoms with van der Waals surface area (Å²) in [6.07, 6.45) is 6.93. The Morgan fingerprint density at radius 2 is 2.06 bits per heavy atom. The van der Waals surface area contributed by atoms with Gasteiger partial charge < -0.3 is 5.73 Å². The number of nitrogens with two attached hydrogens (primary N) is 1. The zero-order valence-corrected chi connectivity index (χ0v) is 9.24. The molecule has 2 aromatic heterocycles. The summed E-state index contributed by atoms with van der Waals surface area (Å²) in [4.78, 5) is 8.28. The number of hydrogen-bond donors (Lipinski definition) is 1. The van der Waals surface area contributed by atoms with E-state index < -0.39 is 0 Å². The van der Waals surface area contributed by atoms with Crippen molar-refractivity contribution in [2.75, 3.05) is 0 Å². The molecule has 0 spiro atoms. The molecule has 0 fully saturated rings. The van der Waals surface area contributed by atoms with E-state index in [2.05, 4.69) is 15.1 Å². The van der Waals surface area contributed by atoms with Crippen LogP contribution < -0.4 is 5.73 Å². The summed E-state index contributed by atoms with van der Waals surface area (Å²) in [5.74, 6) is 0.699. The van der Waals surface area contributed by atoms with Crippen LogP contribution in [0.4, 0.5) is 0 Å². The molecule has 16 heavy (non-hydrogen) atoms. The molecule has 0 saturated carbocycles. The molecule has 0 aliphatic heterocycles. The van der Waals surface area contributed by atoms with Crippen LogP contribution in [0.25, 0.3) is 0 Å². The Balaban J connectivity index is 1.94. The van der Waals surface area contributed by atoms with Crippen molar-refractivity contribution in [3.8, 4) is 0 Å². The van der Waals surface area contributed by atoms with Crippen molar-refractivity contribution in [2.24, 2.45) is 12.8 Å². The lowest BCUT2D eigenvalue weighted by Crippen LogP contribution is -2.15. The average molecular weight is 217 g/mol. The second-order valence-corrected chi connectivity index (χ2v) is 3.70. The summed E-state index contributed by atoms with van der Waals surface area (Å²) >= 11 is 0. The van der Waals surface area contributed by atoms with Crippen molar-refractivity contribution in [3.63, 3.8) is 0 Å². The first-order valence-electron chi connectivity index (χ1n) is 5.27. The molecule has 2 N–H and O–H groups in total. The van der Waals surface area contributed by atoms with Gasteiger partial charge in [0.1, 0.15) is 5.82 Å². The maximum Gasteiger partial charge on any atom is 0.144 e. The van der Waals surface area contributed by atoms with Gasteiger partial charge in [-0.15, -0.1) is 0 Å². The third-order valence-corrected chi connectivity index (χ3v) is 2.55. The topological polar surface area (TPSA) is 69.6 Å². The Kier molecular flexibility index (Phi) is 3.26. The Hall–Kier alpha value is -1.75. The van der Waals surface area contributed by atoms with Crippen molar-refractivity contribution in [1.82, 2.24) is 19.7 Å². The van der Waals surface area contributed by atoms with Crippen LogP contribution in [0.5, 0.6) is 0 Å². The minimum absolute atomic E-state index is 0.115. The van der Waals surface area contributed by atoms with Crippen LogP contribution in [0.3, 0.4) is 0 Å². The minimum atomic E-state index is -0.115. The highest BCUT2D eigenvalue weighted by Gasteiger charge is 2.09. The van der Waals surface area contributed by atoms with Crippen molar-refractivity contribution < 1.29 is 0 Å². The first kappa shape index (κ1) is 10.8. The first-order chi connectivity index (χ1) is 7.77. The Morgan fingerprint density at radius 1 is 1.31 bits per heavy atom. The predicted molar refractivity (Wildman–Crippen MR) is 60.5 cm³/mol. The lowest BCUT2D eigenvalue weighted by atomic mass is 10.1. The van der Waals surface area contributed by atoms with Gasteiger partial charge >= 0.3 is 0 Å². The smallest absolute Gasteiger partial charge is 0.144 e. The summed E-state index contributed by atoms with van der Waals surface area (Å²) in [5.41, 5.74) is 7.18. The van der Waals surface area contributed by atoms with Crippen molar-refractivity contribution in [3.05, 3.63) is 42.2 Å². The van der Waals surface area contributed by atoms with Crippen LogP contribution in [-0.2, 0) is 13.5 Å². The van der Waals surface area contributed by atoms with E-state index in [4.69, 9.17) is 5.73 Å². The molecular weight excluding hydrogens is 202 g/mol. The molecule has 2 rings (SSSR count). The standard InChI is InChI=1S/C11H15N5/c1-16-9(5-8-15-16)3-4-10(12)11-13-6-2-7-14-11/h2,5-8,10H,3-4,12H2,1H3. The molecule has 0 aliphatic rings. The number of hydrogen-bond acceptors (Lipinski definition) is 4. The van der Waals surface area contributed by atoms with Gasteiger partial charge in [0.2, 0.25) is 0 Å². The SMILES string of the molecule is Cn1nccc1CCC(N)c1ncccn1. The van der Waals surface area contributed by atoms with Gasteiger partial charge in [-0.3, -0.25) is 4.68 Å². The van der Waals surface area contributed by atoms with E-state index in [0.29, 0.717) is 5.82 Å². The molecule has 5 nitrogen and oxygen atoms in total. The van der Waals surface area contributed by atoms with Gasteiger partial charge in [0, 0.05) is 31.3 Å². The Labute approximate surface area is 94.3 Å². The van der Waals surface area contributed by atoms with Crippen molar-refractivity contribution in [2.45, 2.75) is 18.9 Å². The van der Waals surface area contributed by atoms with Crippen molar-refractivity contribution in [1.29, 1.82) is 0 Å². The van der Waals surface area contributed by atoms with E-state index in [1.54, 1.807) is 24.7 Å². The lowest BCUT2D eigenvalue weighted by molar-refractivity contribution is 0.587. The molecule has 0 radical (unpaired) electrons. The Bertz CT molecular complexity index is 437. The summed E-state index contributed by atoms with van der Waals surface area (Å²) in [5, 5.41) is 4.11. The highest BCUT2D eigenvalue weighted by molar-refractivity contribution is 5.02. The van der Waals surface area contributed by atoms with E-state index >= 15 is 0 Å². The average Bonchev–Trinajstić information content (AvgIpc) is 2.73. The fraction of sp³-hybridized carbons (Fsp3) is 0.364. The molecule has 0 aromatic carbocycles. The van der Waals surface area contributed by atoms with Crippen LogP contribution >= 0.6 is 0 Å². The van der Waals surface area contributed by atoms with Crippen LogP contribution in [0.2, 0.25) is 0 Å². The van der Waals surface area contributed by atoms with Crippen molar-refractivity contribution >= 4 is 0 Å². The van der Waals surface area contributed by atoms with Gasteiger partial charge in [-0.1, -0.05) is 0 Å². The number of aromatic nitrogens is 4. The first-order valence-corrected chi connectivity index (χ1v) is 5.27. The molecular formula is C11H15N5. The maximum absolute atomic E-state index is 6.01. The molecule has 0 amide bonds. The fourth-order valence-electron chi connectivity index (χ4n) is 1.58. The molecule has 84 valence electrons. The van der Waals surface area contributed by atoms with Gasteiger partial charge in [-0.2, -0.15) is 5.10 Å². The Morgan fingerprint density at radius 3 is 2.69 bits per heavy atom. The second-order valence-electron chi connectivity index (χ2n) is 3.70. The minimum Gasteiger partial charge on any atom is -0.321 e. The maximum atomic E-state index is 6.01. The largest absolute Gasteiger partial charge is 0.321 e. The molecule has 5 heteroatoms. The third kappa shape index (κ3) is 2.43. The lowest BCUT2D eigenvalue weighted by Gasteiger charge is -2.09. The predicted octanol–water partition coefficient (Wildman–Crippen LogP) is 0.843. The zero-order valence-electron chi connectivity index (χ0n) is 9.24. The number of nitrogens with zero attached hydrogens (tertiary/aromatic N) is 4.